The maximum absolute atomic E-state index is 11.5. The van der Waals surface area contributed by atoms with E-state index in [-0.39, 0.29) is 0 Å². The Morgan fingerprint density at radius 1 is 1.50 bits per heavy atom. The average Bonchev–Trinajstić information content (AvgIpc) is 2.49. The maximum Gasteiger partial charge on any atom is 0.180 e. The lowest BCUT2D eigenvalue weighted by molar-refractivity contribution is 0.0967. The summed E-state index contributed by atoms with van der Waals surface area (Å²) in [5.41, 5.74) is 2.14. The van der Waals surface area contributed by atoms with Gasteiger partial charge in [0, 0.05) is 42.9 Å². The summed E-state index contributed by atoms with van der Waals surface area (Å²) in [6.07, 6.45) is 4.77. The van der Waals surface area contributed by atoms with E-state index in [4.69, 9.17) is 0 Å². The van der Waals surface area contributed by atoms with Crippen molar-refractivity contribution in [2.45, 2.75) is 19.3 Å². The van der Waals surface area contributed by atoms with E-state index in [0.29, 0.717) is 12.2 Å². The van der Waals surface area contributed by atoms with Crippen LogP contribution < -0.4 is 0 Å². The first-order valence-electron chi connectivity index (χ1n) is 3.85. The van der Waals surface area contributed by atoms with Crippen molar-refractivity contribution in [3.63, 3.8) is 0 Å². The normalized spacial score (nSPS) is 16.2. The SMILES string of the molecule is O=C1CCCc2ccn(SI)c21. The van der Waals surface area contributed by atoms with Crippen LogP contribution in [-0.2, 0) is 6.42 Å². The van der Waals surface area contributed by atoms with Gasteiger partial charge >= 0.3 is 0 Å². The van der Waals surface area contributed by atoms with Crippen LogP contribution >= 0.6 is 30.3 Å². The molecule has 1 aliphatic carbocycles. The summed E-state index contributed by atoms with van der Waals surface area (Å²) in [6.45, 7) is 0. The first-order valence-corrected chi connectivity index (χ1v) is 7.17. The number of nitrogens with zero attached hydrogens (tertiary/aromatic N) is 1. The van der Waals surface area contributed by atoms with Crippen molar-refractivity contribution in [2.24, 2.45) is 0 Å². The Balaban J connectivity index is 2.50. The third kappa shape index (κ3) is 1.31. The van der Waals surface area contributed by atoms with E-state index in [1.54, 1.807) is 9.12 Å². The van der Waals surface area contributed by atoms with E-state index in [0.717, 1.165) is 18.5 Å². The van der Waals surface area contributed by atoms with Gasteiger partial charge in [-0.3, -0.25) is 8.77 Å². The summed E-state index contributed by atoms with van der Waals surface area (Å²) >= 11 is 2.19. The quantitative estimate of drug-likeness (QED) is 0.743. The number of aromatic nitrogens is 1. The fraction of sp³-hybridized carbons (Fsp3) is 0.375. The summed E-state index contributed by atoms with van der Waals surface area (Å²) in [5, 5.41) is 0. The van der Waals surface area contributed by atoms with E-state index >= 15 is 0 Å². The summed E-state index contributed by atoms with van der Waals surface area (Å²) in [5.74, 6) is 0.297. The van der Waals surface area contributed by atoms with E-state index < -0.39 is 0 Å². The van der Waals surface area contributed by atoms with Gasteiger partial charge in [-0.1, -0.05) is 0 Å². The van der Waals surface area contributed by atoms with E-state index in [1.807, 2.05) is 10.2 Å². The van der Waals surface area contributed by atoms with Crippen LogP contribution in [0.1, 0.15) is 28.9 Å². The van der Waals surface area contributed by atoms with Gasteiger partial charge in [0.2, 0.25) is 0 Å². The molecule has 0 amide bonds. The highest BCUT2D eigenvalue weighted by Crippen LogP contribution is 2.27. The van der Waals surface area contributed by atoms with Gasteiger partial charge in [-0.05, 0) is 24.5 Å². The molecule has 2 rings (SSSR count). The smallest absolute Gasteiger partial charge is 0.180 e. The number of ketones is 1. The Morgan fingerprint density at radius 3 is 3.08 bits per heavy atom. The number of Topliss-reactive ketones (excluding diaryl/α,β-unsaturated/α-hetero) is 1. The van der Waals surface area contributed by atoms with Crippen molar-refractivity contribution < 1.29 is 4.79 Å². The molecule has 0 saturated heterocycles. The molecule has 1 aliphatic rings. The number of carbonyl (C=O) groups excluding carboxylic acids is 1. The zero-order valence-electron chi connectivity index (χ0n) is 6.42. The molecule has 0 unspecified atom stereocenters. The molecule has 0 aliphatic heterocycles. The minimum Gasteiger partial charge on any atom is -0.292 e. The standard InChI is InChI=1S/C8H8INOS/c9-12-10-5-4-6-2-1-3-7(11)8(6)10/h4-5H,1-3H2. The van der Waals surface area contributed by atoms with Crippen LogP contribution in [-0.4, -0.2) is 9.76 Å². The van der Waals surface area contributed by atoms with Gasteiger partial charge in [0.25, 0.3) is 0 Å². The van der Waals surface area contributed by atoms with Gasteiger partial charge in [-0.15, -0.1) is 0 Å². The number of carbonyl (C=O) groups is 1. The molecule has 12 heavy (non-hydrogen) atoms. The first-order chi connectivity index (χ1) is 5.83. The zero-order valence-corrected chi connectivity index (χ0v) is 9.39. The Kier molecular flexibility index (Phi) is 2.45. The van der Waals surface area contributed by atoms with Crippen LogP contribution in [0.15, 0.2) is 12.3 Å². The topological polar surface area (TPSA) is 22.0 Å². The Hall–Kier alpha value is 0.0300. The van der Waals surface area contributed by atoms with Gasteiger partial charge in [0.1, 0.15) is 0 Å². The fourth-order valence-corrected chi connectivity index (χ4v) is 2.95. The lowest BCUT2D eigenvalue weighted by Gasteiger charge is -2.11. The number of fused-ring (bicyclic) bond motifs is 1. The number of hydrogen-bond donors (Lipinski definition) is 0. The molecule has 0 saturated carbocycles. The summed E-state index contributed by atoms with van der Waals surface area (Å²) < 4.78 is 1.96. The molecular formula is C8H8INOS. The van der Waals surface area contributed by atoms with Gasteiger partial charge < -0.3 is 0 Å². The molecule has 0 aromatic carbocycles. The molecular weight excluding hydrogens is 285 g/mol. The molecule has 1 heterocycles. The molecule has 0 spiro atoms. The van der Waals surface area contributed by atoms with E-state index in [9.17, 15) is 4.79 Å². The molecule has 0 fully saturated rings. The molecule has 4 heteroatoms. The first kappa shape index (κ1) is 8.62. The van der Waals surface area contributed by atoms with Crippen LogP contribution in [0.3, 0.4) is 0 Å². The lowest BCUT2D eigenvalue weighted by Crippen LogP contribution is -2.11. The molecule has 0 N–H and O–H groups in total. The van der Waals surface area contributed by atoms with Gasteiger partial charge in [0.05, 0.1) is 5.69 Å². The highest BCUT2D eigenvalue weighted by atomic mass is 127. The maximum atomic E-state index is 11.5. The molecule has 0 bridgehead atoms. The summed E-state index contributed by atoms with van der Waals surface area (Å²) in [6, 6.07) is 2.05. The number of hydrogen-bond acceptors (Lipinski definition) is 2. The van der Waals surface area contributed by atoms with Gasteiger partial charge in [0.15, 0.2) is 5.78 Å². The molecule has 64 valence electrons. The largest absolute Gasteiger partial charge is 0.292 e. The van der Waals surface area contributed by atoms with Crippen molar-refractivity contribution in [3.8, 4) is 0 Å². The van der Waals surface area contributed by atoms with Gasteiger partial charge in [-0.2, -0.15) is 0 Å². The second kappa shape index (κ2) is 3.41. The summed E-state index contributed by atoms with van der Waals surface area (Å²) in [7, 11) is 1.56. The Morgan fingerprint density at radius 2 is 2.33 bits per heavy atom. The van der Waals surface area contributed by atoms with Crippen molar-refractivity contribution in [3.05, 3.63) is 23.5 Å². The van der Waals surface area contributed by atoms with Crippen LogP contribution in [0.2, 0.25) is 0 Å². The molecule has 0 atom stereocenters. The average molecular weight is 293 g/mol. The predicted molar refractivity (Wildman–Crippen MR) is 58.7 cm³/mol. The highest BCUT2D eigenvalue weighted by molar-refractivity contribution is 14.2. The highest BCUT2D eigenvalue weighted by Gasteiger charge is 2.20. The van der Waals surface area contributed by atoms with Crippen molar-refractivity contribution in [1.29, 1.82) is 0 Å². The number of halogens is 1. The monoisotopic (exact) mass is 293 g/mol. The molecule has 2 nitrogen and oxygen atoms in total. The lowest BCUT2D eigenvalue weighted by atomic mass is 9.97. The van der Waals surface area contributed by atoms with Crippen LogP contribution in [0.25, 0.3) is 0 Å². The van der Waals surface area contributed by atoms with Gasteiger partial charge in [-0.25, -0.2) is 0 Å². The minimum absolute atomic E-state index is 0.297. The number of rotatable bonds is 1. The Bertz CT molecular complexity index is 307. The van der Waals surface area contributed by atoms with Crippen molar-refractivity contribution in [2.75, 3.05) is 0 Å². The molecule has 1 aromatic rings. The van der Waals surface area contributed by atoms with Crippen LogP contribution in [0.4, 0.5) is 0 Å². The van der Waals surface area contributed by atoms with E-state index in [1.165, 1.54) is 5.56 Å². The second-order valence-electron chi connectivity index (χ2n) is 2.86. The predicted octanol–water partition coefficient (Wildman–Crippen LogP) is 2.85. The Labute approximate surface area is 87.4 Å². The zero-order chi connectivity index (χ0) is 8.55. The van der Waals surface area contributed by atoms with Crippen molar-refractivity contribution in [1.82, 2.24) is 3.97 Å². The summed E-state index contributed by atoms with van der Waals surface area (Å²) in [4.78, 5) is 11.5. The van der Waals surface area contributed by atoms with Crippen LogP contribution in [0.5, 0.6) is 0 Å². The second-order valence-corrected chi connectivity index (χ2v) is 4.57. The molecule has 0 radical (unpaired) electrons. The fourth-order valence-electron chi connectivity index (χ4n) is 1.57. The minimum atomic E-state index is 0.297. The number of aryl methyl sites for hydroxylation is 1. The van der Waals surface area contributed by atoms with Crippen molar-refractivity contribution >= 4 is 36.1 Å². The van der Waals surface area contributed by atoms with E-state index in [2.05, 4.69) is 27.3 Å². The third-order valence-electron chi connectivity index (χ3n) is 2.12. The third-order valence-corrected chi connectivity index (χ3v) is 3.85. The molecule has 1 aromatic heterocycles. The van der Waals surface area contributed by atoms with Crippen LogP contribution in [0, 0.1) is 0 Å².